The average Bonchev–Trinajstić information content (AvgIpc) is 2.43. The third-order valence-electron chi connectivity index (χ3n) is 4.03. The van der Waals surface area contributed by atoms with Gasteiger partial charge in [-0.3, -0.25) is 4.79 Å². The SMILES string of the molecule is COc1ccc(CC2CC(O)C(C(=O)O)CN2C)cc1. The molecule has 3 unspecified atom stereocenters. The molecule has 1 heterocycles. The van der Waals surface area contributed by atoms with Crippen LogP contribution in [0.1, 0.15) is 12.0 Å². The molecule has 1 aromatic rings. The van der Waals surface area contributed by atoms with E-state index in [2.05, 4.69) is 0 Å². The Morgan fingerprint density at radius 2 is 2.05 bits per heavy atom. The Morgan fingerprint density at radius 1 is 1.40 bits per heavy atom. The Balaban J connectivity index is 2.00. The summed E-state index contributed by atoms with van der Waals surface area (Å²) in [5.41, 5.74) is 1.16. The van der Waals surface area contributed by atoms with Crippen LogP contribution in [0.2, 0.25) is 0 Å². The largest absolute Gasteiger partial charge is 0.497 e. The zero-order valence-corrected chi connectivity index (χ0v) is 11.8. The van der Waals surface area contributed by atoms with Crippen LogP contribution in [0.3, 0.4) is 0 Å². The predicted molar refractivity (Wildman–Crippen MR) is 74.9 cm³/mol. The fourth-order valence-corrected chi connectivity index (χ4v) is 2.72. The minimum Gasteiger partial charge on any atom is -0.497 e. The first kappa shape index (κ1) is 14.8. The minimum absolute atomic E-state index is 0.161. The van der Waals surface area contributed by atoms with Crippen molar-refractivity contribution in [3.8, 4) is 5.75 Å². The summed E-state index contributed by atoms with van der Waals surface area (Å²) in [4.78, 5) is 13.1. The van der Waals surface area contributed by atoms with Crippen molar-refractivity contribution in [3.63, 3.8) is 0 Å². The first-order chi connectivity index (χ1) is 9.51. The number of nitrogens with zero attached hydrogens (tertiary/aromatic N) is 1. The molecule has 1 aromatic carbocycles. The number of methoxy groups -OCH3 is 1. The third-order valence-corrected chi connectivity index (χ3v) is 4.03. The molecule has 1 fully saturated rings. The van der Waals surface area contributed by atoms with Crippen LogP contribution in [0.4, 0.5) is 0 Å². The van der Waals surface area contributed by atoms with Crippen molar-refractivity contribution < 1.29 is 19.7 Å². The second-order valence-electron chi connectivity index (χ2n) is 5.39. The fraction of sp³-hybridized carbons (Fsp3) is 0.533. The number of aliphatic hydroxyl groups is 1. The molecule has 0 amide bonds. The van der Waals surface area contributed by atoms with E-state index < -0.39 is 18.0 Å². The van der Waals surface area contributed by atoms with Crippen LogP contribution in [0.5, 0.6) is 5.75 Å². The molecule has 1 aliphatic rings. The molecule has 110 valence electrons. The zero-order chi connectivity index (χ0) is 14.7. The second-order valence-corrected chi connectivity index (χ2v) is 5.39. The van der Waals surface area contributed by atoms with Crippen molar-refractivity contribution in [2.24, 2.45) is 5.92 Å². The summed E-state index contributed by atoms with van der Waals surface area (Å²) in [6, 6.07) is 7.99. The van der Waals surface area contributed by atoms with Gasteiger partial charge in [0.05, 0.1) is 19.1 Å². The zero-order valence-electron chi connectivity index (χ0n) is 11.8. The smallest absolute Gasteiger partial charge is 0.310 e. The molecule has 0 spiro atoms. The lowest BCUT2D eigenvalue weighted by atomic mass is 9.87. The normalized spacial score (nSPS) is 27.2. The average molecular weight is 279 g/mol. The topological polar surface area (TPSA) is 70.0 Å². The van der Waals surface area contributed by atoms with Gasteiger partial charge in [-0.15, -0.1) is 0 Å². The highest BCUT2D eigenvalue weighted by molar-refractivity contribution is 5.71. The summed E-state index contributed by atoms with van der Waals surface area (Å²) < 4.78 is 5.12. The standard InChI is InChI=1S/C15H21NO4/c1-16-9-13(15(18)19)14(17)8-11(16)7-10-3-5-12(20-2)6-4-10/h3-6,11,13-14,17H,7-9H2,1-2H3,(H,18,19). The lowest BCUT2D eigenvalue weighted by molar-refractivity contribution is -0.149. The van der Waals surface area contributed by atoms with Crippen molar-refractivity contribution in [2.45, 2.75) is 25.0 Å². The van der Waals surface area contributed by atoms with E-state index in [0.717, 1.165) is 17.7 Å². The van der Waals surface area contributed by atoms with E-state index in [1.165, 1.54) is 0 Å². The van der Waals surface area contributed by atoms with Crippen molar-refractivity contribution in [1.29, 1.82) is 0 Å². The molecule has 2 N–H and O–H groups in total. The van der Waals surface area contributed by atoms with Gasteiger partial charge in [-0.25, -0.2) is 0 Å². The summed E-state index contributed by atoms with van der Waals surface area (Å²) >= 11 is 0. The maximum atomic E-state index is 11.0. The van der Waals surface area contributed by atoms with E-state index in [4.69, 9.17) is 9.84 Å². The Bertz CT molecular complexity index is 459. The van der Waals surface area contributed by atoms with Gasteiger partial charge in [0.2, 0.25) is 0 Å². The molecule has 5 nitrogen and oxygen atoms in total. The van der Waals surface area contributed by atoms with E-state index in [-0.39, 0.29) is 6.04 Å². The molecule has 0 bridgehead atoms. The summed E-state index contributed by atoms with van der Waals surface area (Å²) in [5.74, 6) is -0.795. The number of aliphatic carboxylic acids is 1. The second kappa shape index (κ2) is 6.24. The van der Waals surface area contributed by atoms with E-state index in [9.17, 15) is 9.90 Å². The summed E-state index contributed by atoms with van der Waals surface area (Å²) in [6.07, 6.45) is 0.510. The molecule has 3 atom stereocenters. The lowest BCUT2D eigenvalue weighted by Crippen LogP contribution is -2.50. The van der Waals surface area contributed by atoms with Gasteiger partial charge in [0.1, 0.15) is 5.75 Å². The van der Waals surface area contributed by atoms with E-state index in [1.807, 2.05) is 36.2 Å². The molecular weight excluding hydrogens is 258 g/mol. The maximum Gasteiger partial charge on any atom is 0.310 e. The molecule has 0 saturated carbocycles. The number of hydrogen-bond donors (Lipinski definition) is 2. The van der Waals surface area contributed by atoms with Gasteiger partial charge in [0, 0.05) is 12.6 Å². The lowest BCUT2D eigenvalue weighted by Gasteiger charge is -2.38. The highest BCUT2D eigenvalue weighted by Gasteiger charge is 2.36. The van der Waals surface area contributed by atoms with E-state index in [1.54, 1.807) is 7.11 Å². The molecule has 1 saturated heterocycles. The number of likely N-dealkylation sites (tertiary alicyclic amines) is 1. The van der Waals surface area contributed by atoms with Crippen LogP contribution < -0.4 is 4.74 Å². The number of carboxylic acid groups (broad SMARTS) is 1. The predicted octanol–water partition coefficient (Wildman–Crippen LogP) is 1.00. The number of likely N-dealkylation sites (N-methyl/N-ethyl adjacent to an activating group) is 1. The van der Waals surface area contributed by atoms with Crippen LogP contribution in [-0.4, -0.2) is 53.9 Å². The molecule has 2 rings (SSSR count). The Kier molecular flexibility index (Phi) is 4.62. The van der Waals surface area contributed by atoms with Crippen LogP contribution in [0.15, 0.2) is 24.3 Å². The molecule has 0 aromatic heterocycles. The van der Waals surface area contributed by atoms with Gasteiger partial charge in [0.25, 0.3) is 0 Å². The number of ether oxygens (including phenoxy) is 1. The number of rotatable bonds is 4. The van der Waals surface area contributed by atoms with Crippen molar-refractivity contribution in [1.82, 2.24) is 4.90 Å². The highest BCUT2D eigenvalue weighted by atomic mass is 16.5. The molecule has 20 heavy (non-hydrogen) atoms. The Hall–Kier alpha value is -1.59. The van der Waals surface area contributed by atoms with Gasteiger partial charge in [0.15, 0.2) is 0 Å². The van der Waals surface area contributed by atoms with Crippen molar-refractivity contribution in [2.75, 3.05) is 20.7 Å². The van der Waals surface area contributed by atoms with Crippen molar-refractivity contribution >= 4 is 5.97 Å². The van der Waals surface area contributed by atoms with Gasteiger partial charge in [-0.1, -0.05) is 12.1 Å². The summed E-state index contributed by atoms with van der Waals surface area (Å²) in [7, 11) is 3.54. The van der Waals surface area contributed by atoms with Gasteiger partial charge < -0.3 is 19.8 Å². The third kappa shape index (κ3) is 3.29. The minimum atomic E-state index is -0.924. The molecule has 1 aliphatic heterocycles. The Morgan fingerprint density at radius 3 is 2.60 bits per heavy atom. The van der Waals surface area contributed by atoms with E-state index in [0.29, 0.717) is 13.0 Å². The number of hydrogen-bond acceptors (Lipinski definition) is 4. The molecule has 5 heteroatoms. The van der Waals surface area contributed by atoms with Crippen LogP contribution in [0.25, 0.3) is 0 Å². The number of carbonyl (C=O) groups is 1. The number of piperidine rings is 1. The Labute approximate surface area is 118 Å². The number of aliphatic hydroxyl groups excluding tert-OH is 1. The first-order valence-corrected chi connectivity index (χ1v) is 6.75. The van der Waals surface area contributed by atoms with Crippen LogP contribution >= 0.6 is 0 Å². The van der Waals surface area contributed by atoms with E-state index >= 15 is 0 Å². The first-order valence-electron chi connectivity index (χ1n) is 6.75. The summed E-state index contributed by atoms with van der Waals surface area (Å²) in [6.45, 7) is 0.386. The van der Waals surface area contributed by atoms with Gasteiger partial charge in [-0.05, 0) is 37.6 Å². The fourth-order valence-electron chi connectivity index (χ4n) is 2.72. The number of carboxylic acids is 1. The quantitative estimate of drug-likeness (QED) is 0.860. The maximum absolute atomic E-state index is 11.0. The van der Waals surface area contributed by atoms with Gasteiger partial charge in [-0.2, -0.15) is 0 Å². The van der Waals surface area contributed by atoms with Crippen molar-refractivity contribution in [3.05, 3.63) is 29.8 Å². The highest BCUT2D eigenvalue weighted by Crippen LogP contribution is 2.24. The molecular formula is C15H21NO4. The van der Waals surface area contributed by atoms with Gasteiger partial charge >= 0.3 is 5.97 Å². The monoisotopic (exact) mass is 279 g/mol. The van der Waals surface area contributed by atoms with Crippen LogP contribution in [0, 0.1) is 5.92 Å². The molecule has 0 radical (unpaired) electrons. The van der Waals surface area contributed by atoms with Crippen LogP contribution in [-0.2, 0) is 11.2 Å². The molecule has 0 aliphatic carbocycles. The number of benzene rings is 1. The summed E-state index contributed by atoms with van der Waals surface area (Å²) in [5, 5.41) is 19.0.